The minimum Gasteiger partial charge on any atom is -0.496 e. The zero-order valence-corrected chi connectivity index (χ0v) is 17.2. The molecule has 2 aromatic rings. The van der Waals surface area contributed by atoms with Gasteiger partial charge in [-0.15, -0.1) is 0 Å². The predicted octanol–water partition coefficient (Wildman–Crippen LogP) is 1.42. The first-order valence-corrected chi connectivity index (χ1v) is 9.58. The van der Waals surface area contributed by atoms with Gasteiger partial charge < -0.3 is 31.0 Å². The standard InChI is InChI=1S/C21H24N4O5/c1-5-29-18-14-15(12-7-6-11(17(22)26)8-13(12)28-4)21(19(23)27)20(3,30-21)25-16(14)10(2)9-24-18/h6-9,15,25H,5H2,1-4H3,(H2,22,26)(H2,23,27). The van der Waals surface area contributed by atoms with Gasteiger partial charge in [0.1, 0.15) is 5.75 Å². The van der Waals surface area contributed by atoms with Crippen molar-refractivity contribution in [2.45, 2.75) is 38.0 Å². The Balaban J connectivity index is 2.04. The van der Waals surface area contributed by atoms with Crippen LogP contribution in [-0.4, -0.2) is 41.8 Å². The number of rotatable bonds is 6. The van der Waals surface area contributed by atoms with Gasteiger partial charge in [-0.05, 0) is 38.5 Å². The quantitative estimate of drug-likeness (QED) is 0.609. The van der Waals surface area contributed by atoms with Gasteiger partial charge in [0.25, 0.3) is 5.91 Å². The van der Waals surface area contributed by atoms with Crippen LogP contribution in [0.5, 0.6) is 11.6 Å². The van der Waals surface area contributed by atoms with E-state index in [1.807, 2.05) is 13.8 Å². The van der Waals surface area contributed by atoms with Crippen molar-refractivity contribution in [2.75, 3.05) is 19.0 Å². The molecule has 0 bridgehead atoms. The highest BCUT2D eigenvalue weighted by Crippen LogP contribution is 2.65. The molecule has 0 saturated carbocycles. The Labute approximate surface area is 173 Å². The van der Waals surface area contributed by atoms with Gasteiger partial charge in [0.05, 0.1) is 25.3 Å². The average molecular weight is 412 g/mol. The maximum atomic E-state index is 12.7. The molecule has 9 heteroatoms. The minimum absolute atomic E-state index is 0.282. The Morgan fingerprint density at radius 2 is 2.07 bits per heavy atom. The minimum atomic E-state index is -1.39. The molecule has 2 amide bonds. The van der Waals surface area contributed by atoms with Crippen LogP contribution in [0.3, 0.4) is 0 Å². The highest BCUT2D eigenvalue weighted by atomic mass is 16.7. The fourth-order valence-electron chi connectivity index (χ4n) is 4.39. The number of aryl methyl sites for hydroxylation is 1. The molecule has 4 rings (SSSR count). The number of anilines is 1. The maximum absolute atomic E-state index is 12.7. The third-order valence-corrected chi connectivity index (χ3v) is 5.84. The molecular weight excluding hydrogens is 388 g/mol. The van der Waals surface area contributed by atoms with Crippen molar-refractivity contribution >= 4 is 17.5 Å². The number of carbonyl (C=O) groups excluding carboxylic acids is 2. The number of hydrogen-bond acceptors (Lipinski definition) is 7. The highest BCUT2D eigenvalue weighted by Gasteiger charge is 2.79. The largest absolute Gasteiger partial charge is 0.496 e. The van der Waals surface area contributed by atoms with E-state index in [1.165, 1.54) is 13.2 Å². The second-order valence-electron chi connectivity index (χ2n) is 7.58. The molecule has 1 aromatic carbocycles. The summed E-state index contributed by atoms with van der Waals surface area (Å²) < 4.78 is 17.4. The number of hydrogen-bond donors (Lipinski definition) is 3. The summed E-state index contributed by atoms with van der Waals surface area (Å²) in [5.74, 6) is -1.14. The van der Waals surface area contributed by atoms with Crippen LogP contribution in [0.25, 0.3) is 0 Å². The average Bonchev–Trinajstić information content (AvgIpc) is 3.35. The van der Waals surface area contributed by atoms with Crippen molar-refractivity contribution < 1.29 is 23.8 Å². The van der Waals surface area contributed by atoms with Crippen LogP contribution in [0.4, 0.5) is 5.69 Å². The smallest absolute Gasteiger partial charge is 0.255 e. The van der Waals surface area contributed by atoms with Crippen molar-refractivity contribution in [3.63, 3.8) is 0 Å². The summed E-state index contributed by atoms with van der Waals surface area (Å²) in [6, 6.07) is 4.82. The van der Waals surface area contributed by atoms with Crippen molar-refractivity contribution in [1.82, 2.24) is 4.98 Å². The zero-order chi connectivity index (χ0) is 21.8. The molecule has 1 saturated heterocycles. The molecule has 30 heavy (non-hydrogen) atoms. The number of aromatic nitrogens is 1. The number of pyridine rings is 1. The van der Waals surface area contributed by atoms with Crippen molar-refractivity contribution in [2.24, 2.45) is 11.5 Å². The monoisotopic (exact) mass is 412 g/mol. The predicted molar refractivity (Wildman–Crippen MR) is 109 cm³/mol. The van der Waals surface area contributed by atoms with E-state index in [-0.39, 0.29) is 5.56 Å². The van der Waals surface area contributed by atoms with E-state index in [9.17, 15) is 9.59 Å². The Morgan fingerprint density at radius 3 is 2.67 bits per heavy atom. The number of nitrogens with one attached hydrogen (secondary N) is 1. The van der Waals surface area contributed by atoms with E-state index >= 15 is 0 Å². The summed E-state index contributed by atoms with van der Waals surface area (Å²) in [7, 11) is 1.48. The molecule has 2 aliphatic heterocycles. The molecule has 3 atom stereocenters. The number of carbonyl (C=O) groups is 2. The van der Waals surface area contributed by atoms with Crippen molar-refractivity contribution in [3.8, 4) is 11.6 Å². The van der Waals surface area contributed by atoms with Crippen LogP contribution in [0.15, 0.2) is 24.4 Å². The van der Waals surface area contributed by atoms with Gasteiger partial charge >= 0.3 is 0 Å². The Morgan fingerprint density at radius 1 is 1.33 bits per heavy atom. The molecule has 0 aliphatic carbocycles. The molecule has 1 aromatic heterocycles. The lowest BCUT2D eigenvalue weighted by Crippen LogP contribution is -2.49. The second-order valence-corrected chi connectivity index (χ2v) is 7.58. The van der Waals surface area contributed by atoms with Crippen molar-refractivity contribution in [3.05, 3.63) is 46.6 Å². The summed E-state index contributed by atoms with van der Waals surface area (Å²) in [5, 5.41) is 3.31. The molecule has 0 radical (unpaired) electrons. The van der Waals surface area contributed by atoms with Gasteiger partial charge in [0.15, 0.2) is 5.72 Å². The number of fused-ring (bicyclic) bond motifs is 2. The van der Waals surface area contributed by atoms with Crippen LogP contribution < -0.4 is 26.3 Å². The van der Waals surface area contributed by atoms with E-state index < -0.39 is 29.1 Å². The molecule has 9 nitrogen and oxygen atoms in total. The topological polar surface area (TPSA) is 142 Å². The number of benzene rings is 1. The van der Waals surface area contributed by atoms with Crippen LogP contribution in [-0.2, 0) is 9.53 Å². The fourth-order valence-corrected chi connectivity index (χ4v) is 4.39. The van der Waals surface area contributed by atoms with Crippen LogP contribution >= 0.6 is 0 Å². The van der Waals surface area contributed by atoms with E-state index in [1.54, 1.807) is 25.3 Å². The maximum Gasteiger partial charge on any atom is 0.255 e. The Hall–Kier alpha value is -3.33. The lowest BCUT2D eigenvalue weighted by atomic mass is 9.72. The molecule has 1 fully saturated rings. The van der Waals surface area contributed by atoms with Crippen LogP contribution in [0.2, 0.25) is 0 Å². The summed E-state index contributed by atoms with van der Waals surface area (Å²) in [5.41, 5.74) is 12.1. The number of ether oxygens (including phenoxy) is 3. The third-order valence-electron chi connectivity index (χ3n) is 5.84. The van der Waals surface area contributed by atoms with Gasteiger partial charge in [-0.3, -0.25) is 9.59 Å². The molecular formula is C21H24N4O5. The first kappa shape index (κ1) is 20.0. The first-order valence-electron chi connectivity index (χ1n) is 9.58. The Bertz CT molecular complexity index is 1070. The third kappa shape index (κ3) is 2.55. The van der Waals surface area contributed by atoms with E-state index in [0.717, 1.165) is 11.3 Å². The van der Waals surface area contributed by atoms with Gasteiger partial charge in [-0.2, -0.15) is 0 Å². The summed E-state index contributed by atoms with van der Waals surface area (Å²) in [4.78, 5) is 28.8. The molecule has 0 spiro atoms. The molecule has 3 unspecified atom stereocenters. The van der Waals surface area contributed by atoms with Crippen molar-refractivity contribution in [1.29, 1.82) is 0 Å². The van der Waals surface area contributed by atoms with Gasteiger partial charge in [0, 0.05) is 22.9 Å². The highest BCUT2D eigenvalue weighted by molar-refractivity contribution is 5.95. The number of amides is 2. The first-order chi connectivity index (χ1) is 14.2. The number of epoxide rings is 1. The Kier molecular flexibility index (Phi) is 4.39. The van der Waals surface area contributed by atoms with Gasteiger partial charge in [-0.1, -0.05) is 6.07 Å². The summed E-state index contributed by atoms with van der Waals surface area (Å²) in [6.07, 6.45) is 1.70. The van der Waals surface area contributed by atoms with Gasteiger partial charge in [0.2, 0.25) is 17.4 Å². The summed E-state index contributed by atoms with van der Waals surface area (Å²) >= 11 is 0. The van der Waals surface area contributed by atoms with Crippen LogP contribution in [0, 0.1) is 6.92 Å². The fraction of sp³-hybridized carbons (Fsp3) is 0.381. The number of primary amides is 2. The van der Waals surface area contributed by atoms with Gasteiger partial charge in [-0.25, -0.2) is 4.98 Å². The SMILES string of the molecule is CCOc1ncc(C)c2c1C(c1ccc(C(N)=O)cc1OC)C1(C(N)=O)OC1(C)N2. The number of methoxy groups -OCH3 is 1. The molecule has 5 N–H and O–H groups in total. The van der Waals surface area contributed by atoms with E-state index in [2.05, 4.69) is 10.3 Å². The van der Waals surface area contributed by atoms with E-state index in [0.29, 0.717) is 29.4 Å². The van der Waals surface area contributed by atoms with Crippen LogP contribution in [0.1, 0.15) is 46.8 Å². The zero-order valence-electron chi connectivity index (χ0n) is 17.2. The molecule has 158 valence electrons. The van der Waals surface area contributed by atoms with E-state index in [4.69, 9.17) is 25.7 Å². The lowest BCUT2D eigenvalue weighted by Gasteiger charge is -2.35. The number of nitrogens with two attached hydrogens (primary N) is 2. The normalized spacial score (nSPS) is 26.1. The summed E-state index contributed by atoms with van der Waals surface area (Å²) in [6.45, 7) is 5.91. The second kappa shape index (κ2) is 6.60. The number of nitrogens with zero attached hydrogens (tertiary/aromatic N) is 1. The molecule has 2 aliphatic rings. The lowest BCUT2D eigenvalue weighted by molar-refractivity contribution is -0.123. The molecule has 3 heterocycles.